The lowest BCUT2D eigenvalue weighted by atomic mass is 10.1. The molecule has 1 fully saturated rings. The van der Waals surface area contributed by atoms with Crippen molar-refractivity contribution in [2.45, 2.75) is 23.8 Å². The number of hydrogen-bond donors (Lipinski definition) is 1. The number of halogens is 3. The van der Waals surface area contributed by atoms with Crippen molar-refractivity contribution in [3.8, 4) is 0 Å². The van der Waals surface area contributed by atoms with Gasteiger partial charge in [0.05, 0.1) is 5.02 Å². The third-order valence-corrected chi connectivity index (χ3v) is 6.75. The summed E-state index contributed by atoms with van der Waals surface area (Å²) >= 11 is 9.35. The highest BCUT2D eigenvalue weighted by molar-refractivity contribution is 9.10. The first-order chi connectivity index (χ1) is 8.96. The second-order valence-corrected chi connectivity index (χ2v) is 7.66. The summed E-state index contributed by atoms with van der Waals surface area (Å²) < 4.78 is 27.2. The van der Waals surface area contributed by atoms with Gasteiger partial charge in [-0.1, -0.05) is 17.7 Å². The molecule has 8 heteroatoms. The topological polar surface area (TPSA) is 49.4 Å². The number of hydrogen-bond acceptors (Lipinski definition) is 3. The molecule has 0 spiro atoms. The van der Waals surface area contributed by atoms with E-state index in [9.17, 15) is 8.42 Å². The summed E-state index contributed by atoms with van der Waals surface area (Å²) in [6.45, 7) is 1.05. The van der Waals surface area contributed by atoms with Crippen LogP contribution in [0.1, 0.15) is 12.8 Å². The Balaban J connectivity index is 0.00000200. The Labute approximate surface area is 139 Å². The summed E-state index contributed by atoms with van der Waals surface area (Å²) in [6.07, 6.45) is 1.64. The summed E-state index contributed by atoms with van der Waals surface area (Å²) in [7, 11) is -1.60. The average molecular weight is 404 g/mol. The number of piperidine rings is 1. The Morgan fingerprint density at radius 2 is 1.95 bits per heavy atom. The fraction of sp³-hybridized carbons (Fsp3) is 0.500. The highest BCUT2D eigenvalue weighted by atomic mass is 79.9. The molecule has 0 saturated carbocycles. The van der Waals surface area contributed by atoms with Crippen LogP contribution in [-0.4, -0.2) is 38.9 Å². The molecule has 1 aliphatic rings. The first-order valence-corrected chi connectivity index (χ1v) is 8.69. The van der Waals surface area contributed by atoms with E-state index in [4.69, 9.17) is 11.6 Å². The molecule has 1 heterocycles. The Morgan fingerprint density at radius 3 is 2.50 bits per heavy atom. The Hall–Kier alpha value is 0.150. The minimum atomic E-state index is -3.50. The zero-order valence-electron chi connectivity index (χ0n) is 11.0. The van der Waals surface area contributed by atoms with Gasteiger partial charge in [-0.05, 0) is 48.0 Å². The van der Waals surface area contributed by atoms with Crippen molar-refractivity contribution in [3.63, 3.8) is 0 Å². The van der Waals surface area contributed by atoms with Crippen LogP contribution < -0.4 is 5.32 Å². The molecule has 20 heavy (non-hydrogen) atoms. The van der Waals surface area contributed by atoms with Gasteiger partial charge < -0.3 is 5.32 Å². The molecule has 0 unspecified atom stereocenters. The molecule has 0 aliphatic carbocycles. The van der Waals surface area contributed by atoms with Crippen LogP contribution in [0.3, 0.4) is 0 Å². The van der Waals surface area contributed by atoms with Gasteiger partial charge in [0.15, 0.2) is 0 Å². The zero-order valence-corrected chi connectivity index (χ0v) is 14.9. The molecular formula is C12H17BrCl2N2O2S. The van der Waals surface area contributed by atoms with E-state index in [2.05, 4.69) is 21.2 Å². The van der Waals surface area contributed by atoms with E-state index in [0.29, 0.717) is 23.6 Å². The molecule has 0 aromatic heterocycles. The monoisotopic (exact) mass is 402 g/mol. The van der Waals surface area contributed by atoms with Crippen LogP contribution in [0.25, 0.3) is 0 Å². The van der Waals surface area contributed by atoms with E-state index >= 15 is 0 Å². The fourth-order valence-electron chi connectivity index (χ4n) is 2.21. The summed E-state index contributed by atoms with van der Waals surface area (Å²) in [5.41, 5.74) is 0. The predicted octanol–water partition coefficient (Wildman–Crippen LogP) is 2.90. The van der Waals surface area contributed by atoms with Gasteiger partial charge in [-0.25, -0.2) is 8.42 Å². The molecule has 4 nitrogen and oxygen atoms in total. The number of nitrogens with one attached hydrogen (secondary N) is 1. The number of benzene rings is 1. The van der Waals surface area contributed by atoms with E-state index in [1.807, 2.05) is 7.05 Å². The lowest BCUT2D eigenvalue weighted by molar-refractivity contribution is 0.298. The summed E-state index contributed by atoms with van der Waals surface area (Å²) in [5.74, 6) is 0. The maximum absolute atomic E-state index is 12.6. The maximum atomic E-state index is 12.6. The zero-order chi connectivity index (χ0) is 14.0. The van der Waals surface area contributed by atoms with E-state index in [-0.39, 0.29) is 22.3 Å². The van der Waals surface area contributed by atoms with Gasteiger partial charge in [0.25, 0.3) is 0 Å². The average Bonchev–Trinajstić information content (AvgIpc) is 2.41. The van der Waals surface area contributed by atoms with E-state index in [0.717, 1.165) is 12.8 Å². The van der Waals surface area contributed by atoms with Crippen LogP contribution in [0.15, 0.2) is 27.6 Å². The lowest BCUT2D eigenvalue weighted by Crippen LogP contribution is -2.43. The smallest absolute Gasteiger partial charge is 0.244 e. The third-order valence-electron chi connectivity index (χ3n) is 3.40. The molecular weight excluding hydrogens is 387 g/mol. The molecule has 0 amide bonds. The highest BCUT2D eigenvalue weighted by Crippen LogP contribution is 2.32. The Morgan fingerprint density at radius 1 is 1.35 bits per heavy atom. The van der Waals surface area contributed by atoms with Gasteiger partial charge in [-0.2, -0.15) is 4.31 Å². The quantitative estimate of drug-likeness (QED) is 0.843. The molecule has 1 N–H and O–H groups in total. The summed E-state index contributed by atoms with van der Waals surface area (Å²) in [6, 6.07) is 5.36. The Bertz CT molecular complexity index is 561. The Kier molecular flexibility index (Phi) is 6.76. The van der Waals surface area contributed by atoms with Crippen molar-refractivity contribution in [2.24, 2.45) is 0 Å². The second kappa shape index (κ2) is 7.42. The molecule has 2 rings (SSSR count). The van der Waals surface area contributed by atoms with Crippen molar-refractivity contribution < 1.29 is 8.42 Å². The van der Waals surface area contributed by atoms with Crippen molar-refractivity contribution in [1.29, 1.82) is 0 Å². The summed E-state index contributed by atoms with van der Waals surface area (Å²) in [4.78, 5) is 0.173. The second-order valence-electron chi connectivity index (χ2n) is 4.52. The third kappa shape index (κ3) is 3.67. The van der Waals surface area contributed by atoms with Crippen LogP contribution in [0, 0.1) is 0 Å². The van der Waals surface area contributed by atoms with Gasteiger partial charge >= 0.3 is 0 Å². The lowest BCUT2D eigenvalue weighted by Gasteiger charge is -2.31. The van der Waals surface area contributed by atoms with Crippen LogP contribution >= 0.6 is 39.9 Å². The van der Waals surface area contributed by atoms with Crippen molar-refractivity contribution >= 4 is 50.0 Å². The number of rotatable bonds is 3. The first-order valence-electron chi connectivity index (χ1n) is 6.08. The van der Waals surface area contributed by atoms with Crippen LogP contribution in [0.4, 0.5) is 0 Å². The minimum absolute atomic E-state index is 0. The maximum Gasteiger partial charge on any atom is 0.244 e. The molecule has 1 aromatic carbocycles. The fourth-order valence-corrected chi connectivity index (χ4v) is 4.68. The SMILES string of the molecule is CNC1CCN(S(=O)(=O)c2cccc(Br)c2Cl)CC1.Cl. The van der Waals surface area contributed by atoms with Crippen molar-refractivity contribution in [1.82, 2.24) is 9.62 Å². The standard InChI is InChI=1S/C12H16BrClN2O2S.ClH/c1-15-9-5-7-16(8-6-9)19(17,18)11-4-2-3-10(13)12(11)14;/h2-4,9,15H,5-8H2,1H3;1H. The van der Waals surface area contributed by atoms with E-state index in [1.165, 1.54) is 4.31 Å². The number of nitrogens with zero attached hydrogens (tertiary/aromatic N) is 1. The van der Waals surface area contributed by atoms with E-state index < -0.39 is 10.0 Å². The van der Waals surface area contributed by atoms with E-state index in [1.54, 1.807) is 18.2 Å². The largest absolute Gasteiger partial charge is 0.317 e. The summed E-state index contributed by atoms with van der Waals surface area (Å²) in [5, 5.41) is 3.43. The first kappa shape index (κ1) is 18.2. The number of sulfonamides is 1. The molecule has 0 bridgehead atoms. The van der Waals surface area contributed by atoms with Crippen molar-refractivity contribution in [2.75, 3.05) is 20.1 Å². The molecule has 114 valence electrons. The molecule has 1 aliphatic heterocycles. The van der Waals surface area contributed by atoms with Crippen LogP contribution in [0.5, 0.6) is 0 Å². The minimum Gasteiger partial charge on any atom is -0.317 e. The van der Waals surface area contributed by atoms with Gasteiger partial charge in [-0.15, -0.1) is 12.4 Å². The van der Waals surface area contributed by atoms with Crippen LogP contribution in [-0.2, 0) is 10.0 Å². The van der Waals surface area contributed by atoms with Crippen molar-refractivity contribution in [3.05, 3.63) is 27.7 Å². The van der Waals surface area contributed by atoms with Gasteiger partial charge in [0, 0.05) is 23.6 Å². The molecule has 1 aromatic rings. The van der Waals surface area contributed by atoms with Gasteiger partial charge in [-0.3, -0.25) is 0 Å². The predicted molar refractivity (Wildman–Crippen MR) is 87.2 cm³/mol. The highest BCUT2D eigenvalue weighted by Gasteiger charge is 2.30. The normalized spacial score (nSPS) is 17.8. The molecule has 0 radical (unpaired) electrons. The molecule has 1 saturated heterocycles. The van der Waals surface area contributed by atoms with Gasteiger partial charge in [0.2, 0.25) is 10.0 Å². The van der Waals surface area contributed by atoms with Gasteiger partial charge in [0.1, 0.15) is 4.90 Å². The van der Waals surface area contributed by atoms with Crippen LogP contribution in [0.2, 0.25) is 5.02 Å². The molecule has 0 atom stereocenters.